The Kier molecular flexibility index (Phi) is 9.64. The van der Waals surface area contributed by atoms with Crippen molar-refractivity contribution in [3.05, 3.63) is 151 Å². The van der Waals surface area contributed by atoms with Gasteiger partial charge in [0, 0.05) is 25.0 Å². The Morgan fingerprint density at radius 2 is 1.20 bits per heavy atom. The fourth-order valence-electron chi connectivity index (χ4n) is 6.42. The van der Waals surface area contributed by atoms with E-state index < -0.39 is 0 Å². The minimum atomic E-state index is 0.314. The van der Waals surface area contributed by atoms with Crippen molar-refractivity contribution in [2.45, 2.75) is 44.9 Å². The van der Waals surface area contributed by atoms with Gasteiger partial charge in [-0.15, -0.1) is 0 Å². The molecule has 0 aliphatic rings. The molecule has 8 nitrogen and oxygen atoms in total. The van der Waals surface area contributed by atoms with Crippen LogP contribution < -0.4 is 11.1 Å². The Hall–Kier alpha value is -5.89. The number of aromatic nitrogens is 6. The molecule has 7 rings (SSSR count). The van der Waals surface area contributed by atoms with Crippen molar-refractivity contribution in [2.24, 2.45) is 5.92 Å². The number of allylic oxidation sites excluding steroid dienone is 5. The molecule has 7 aromatic rings. The predicted molar refractivity (Wildman–Crippen MR) is 202 cm³/mol. The van der Waals surface area contributed by atoms with Gasteiger partial charge in [0.05, 0.1) is 44.5 Å². The number of H-pyrrole nitrogens is 3. The van der Waals surface area contributed by atoms with Crippen molar-refractivity contribution in [2.75, 3.05) is 11.1 Å². The molecule has 0 fully saturated rings. The first-order valence-electron chi connectivity index (χ1n) is 17.0. The van der Waals surface area contributed by atoms with Gasteiger partial charge >= 0.3 is 0 Å². The number of imidazole rings is 3. The summed E-state index contributed by atoms with van der Waals surface area (Å²) in [5.41, 5.74) is 16.2. The number of rotatable bonds is 15. The normalized spacial score (nSPS) is 12.2. The molecule has 3 heterocycles. The third-order valence-electron chi connectivity index (χ3n) is 8.80. The highest BCUT2D eigenvalue weighted by molar-refractivity contribution is 5.76. The maximum Gasteiger partial charge on any atom is 0.111 e. The van der Waals surface area contributed by atoms with Gasteiger partial charge in [0.1, 0.15) is 17.5 Å². The van der Waals surface area contributed by atoms with Crippen LogP contribution in [0.2, 0.25) is 0 Å². The lowest BCUT2D eigenvalue weighted by molar-refractivity contribution is 0.516. The van der Waals surface area contributed by atoms with Gasteiger partial charge in [-0.2, -0.15) is 0 Å². The first kappa shape index (κ1) is 31.7. The van der Waals surface area contributed by atoms with Gasteiger partial charge in [-0.25, -0.2) is 15.0 Å². The zero-order valence-electron chi connectivity index (χ0n) is 27.6. The van der Waals surface area contributed by atoms with Crippen LogP contribution in [0, 0.1) is 5.92 Å². The number of fused-ring (bicyclic) bond motifs is 3. The number of benzene rings is 4. The summed E-state index contributed by atoms with van der Waals surface area (Å²) in [4.78, 5) is 25.1. The Morgan fingerprint density at radius 1 is 0.673 bits per heavy atom. The summed E-state index contributed by atoms with van der Waals surface area (Å²) in [6.07, 6.45) is 12.9. The molecule has 0 saturated heterocycles. The number of nitrogens with two attached hydrogens (primary N) is 1. The van der Waals surface area contributed by atoms with Gasteiger partial charge in [-0.1, -0.05) is 78.9 Å². The Balaban J connectivity index is 1.02. The molecule has 0 aliphatic carbocycles. The molecule has 0 aliphatic heterocycles. The number of nitrogens with one attached hydrogen (secondary N) is 4. The molecule has 8 heteroatoms. The molecule has 246 valence electrons. The largest absolute Gasteiger partial charge is 0.397 e. The van der Waals surface area contributed by atoms with E-state index in [0.717, 1.165) is 107 Å². The van der Waals surface area contributed by atoms with E-state index in [1.165, 1.54) is 5.57 Å². The van der Waals surface area contributed by atoms with Crippen molar-refractivity contribution >= 4 is 44.5 Å². The molecule has 6 N–H and O–H groups in total. The average molecular weight is 647 g/mol. The molecular weight excluding hydrogens is 605 g/mol. The number of para-hydroxylation sites is 8. The number of nitrogen functional groups attached to an aromatic ring is 1. The summed E-state index contributed by atoms with van der Waals surface area (Å²) in [5, 5.41) is 3.44. The molecule has 0 radical (unpaired) electrons. The average Bonchev–Trinajstić information content (AvgIpc) is 3.82. The SMILES string of the molecule is C=C(CC(C/C=C\CCC=C(Cc1nc2ccccc2[nH]1)Cc1nc2ccccc2[nH]1)Cc1nc2ccccc2[nH]1)Nc1ccccc1N. The zero-order valence-corrected chi connectivity index (χ0v) is 27.6. The number of nitrogens with zero attached hydrogens (tertiary/aromatic N) is 3. The van der Waals surface area contributed by atoms with Gasteiger partial charge in [0.25, 0.3) is 0 Å². The van der Waals surface area contributed by atoms with E-state index in [4.69, 9.17) is 20.7 Å². The first-order chi connectivity index (χ1) is 24.1. The van der Waals surface area contributed by atoms with Crippen LogP contribution in [0.25, 0.3) is 33.1 Å². The highest BCUT2D eigenvalue weighted by atomic mass is 14.9. The maximum absolute atomic E-state index is 6.19. The van der Waals surface area contributed by atoms with Crippen LogP contribution in [0.1, 0.15) is 43.2 Å². The molecule has 49 heavy (non-hydrogen) atoms. The van der Waals surface area contributed by atoms with Crippen LogP contribution in [0.15, 0.2) is 133 Å². The van der Waals surface area contributed by atoms with E-state index in [0.29, 0.717) is 11.6 Å². The number of anilines is 2. The second kappa shape index (κ2) is 14.9. The maximum atomic E-state index is 6.19. The topological polar surface area (TPSA) is 124 Å². The predicted octanol–water partition coefficient (Wildman–Crippen LogP) is 9.21. The standard InChI is InChI=1S/C41H42N8/c1-28(43-32-17-7-6-16-31(32)42)24-29(25-39-44-33-18-8-9-19-34(33)45-39)14-4-2-3-5-15-30(26-40-46-35-20-10-11-21-36(35)47-40)27-41-48-37-22-12-13-23-38(37)49-41/h2,4,6-13,15-23,29,43H,1,3,5,14,24-27,42H2,(H,44,45)(H,46,47)(H,48,49)/b4-2-. The van der Waals surface area contributed by atoms with Crippen LogP contribution in [-0.2, 0) is 19.3 Å². The summed E-state index contributed by atoms with van der Waals surface area (Å²) in [7, 11) is 0. The minimum Gasteiger partial charge on any atom is -0.397 e. The van der Waals surface area contributed by atoms with Crippen molar-refractivity contribution in [1.29, 1.82) is 0 Å². The zero-order chi connectivity index (χ0) is 33.4. The Bertz CT molecular complexity index is 2070. The molecule has 3 aromatic heterocycles. The number of hydrogen-bond donors (Lipinski definition) is 5. The van der Waals surface area contributed by atoms with E-state index in [1.807, 2.05) is 78.9 Å². The second-order valence-corrected chi connectivity index (χ2v) is 12.7. The van der Waals surface area contributed by atoms with Gasteiger partial charge in [0.2, 0.25) is 0 Å². The summed E-state index contributed by atoms with van der Waals surface area (Å²) >= 11 is 0. The molecule has 0 amide bonds. The third kappa shape index (κ3) is 8.16. The highest BCUT2D eigenvalue weighted by Crippen LogP contribution is 2.25. The van der Waals surface area contributed by atoms with Gasteiger partial charge in [0.15, 0.2) is 0 Å². The quantitative estimate of drug-likeness (QED) is 0.0432. The fourth-order valence-corrected chi connectivity index (χ4v) is 6.42. The summed E-state index contributed by atoms with van der Waals surface area (Å²) in [6, 6.07) is 32.4. The second-order valence-electron chi connectivity index (χ2n) is 12.7. The third-order valence-corrected chi connectivity index (χ3v) is 8.80. The monoisotopic (exact) mass is 646 g/mol. The van der Waals surface area contributed by atoms with Gasteiger partial charge in [-0.3, -0.25) is 0 Å². The lowest BCUT2D eigenvalue weighted by Gasteiger charge is -2.18. The molecule has 1 atom stereocenters. The minimum absolute atomic E-state index is 0.314. The summed E-state index contributed by atoms with van der Waals surface area (Å²) < 4.78 is 0. The number of unbranched alkanes of at least 4 members (excludes halogenated alkanes) is 1. The van der Waals surface area contributed by atoms with E-state index >= 15 is 0 Å². The molecule has 1 unspecified atom stereocenters. The summed E-state index contributed by atoms with van der Waals surface area (Å²) in [5.74, 6) is 3.25. The molecule has 0 bridgehead atoms. The Labute approximate surface area is 286 Å². The molecule has 4 aromatic carbocycles. The smallest absolute Gasteiger partial charge is 0.111 e. The van der Waals surface area contributed by atoms with E-state index in [1.54, 1.807) is 0 Å². The molecule has 0 saturated carbocycles. The van der Waals surface area contributed by atoms with Gasteiger partial charge < -0.3 is 26.0 Å². The lowest BCUT2D eigenvalue weighted by Crippen LogP contribution is -2.11. The van der Waals surface area contributed by atoms with Crippen molar-refractivity contribution in [3.63, 3.8) is 0 Å². The van der Waals surface area contributed by atoms with Crippen LogP contribution in [0.5, 0.6) is 0 Å². The summed E-state index contributed by atoms with van der Waals surface area (Å²) in [6.45, 7) is 4.34. The van der Waals surface area contributed by atoms with Crippen LogP contribution in [0.3, 0.4) is 0 Å². The number of hydrogen-bond acceptors (Lipinski definition) is 5. The van der Waals surface area contributed by atoms with E-state index in [-0.39, 0.29) is 0 Å². The number of aromatic amines is 3. The Morgan fingerprint density at radius 3 is 1.80 bits per heavy atom. The fraction of sp³-hybridized carbons (Fsp3) is 0.195. The first-order valence-corrected chi connectivity index (χ1v) is 17.0. The van der Waals surface area contributed by atoms with E-state index in [2.05, 4.69) is 63.3 Å². The van der Waals surface area contributed by atoms with Crippen molar-refractivity contribution in [1.82, 2.24) is 29.9 Å². The van der Waals surface area contributed by atoms with Crippen molar-refractivity contribution < 1.29 is 0 Å². The highest BCUT2D eigenvalue weighted by Gasteiger charge is 2.14. The van der Waals surface area contributed by atoms with Crippen LogP contribution in [0.4, 0.5) is 11.4 Å². The molecule has 0 spiro atoms. The lowest BCUT2D eigenvalue weighted by atomic mass is 9.95. The molecular formula is C41H42N8. The van der Waals surface area contributed by atoms with E-state index in [9.17, 15) is 0 Å². The van der Waals surface area contributed by atoms with Crippen molar-refractivity contribution in [3.8, 4) is 0 Å². The van der Waals surface area contributed by atoms with Gasteiger partial charge in [-0.05, 0) is 80.1 Å². The van der Waals surface area contributed by atoms with Crippen LogP contribution >= 0.6 is 0 Å². The van der Waals surface area contributed by atoms with Crippen LogP contribution in [-0.4, -0.2) is 29.9 Å².